The molecule has 1 saturated heterocycles. The second-order valence-electron chi connectivity index (χ2n) is 8.00. The summed E-state index contributed by atoms with van der Waals surface area (Å²) in [6.07, 6.45) is -1.87. The quantitative estimate of drug-likeness (QED) is 0.0729. The van der Waals surface area contributed by atoms with E-state index in [2.05, 4.69) is 18.2 Å². The van der Waals surface area contributed by atoms with Crippen molar-refractivity contribution in [2.75, 3.05) is 19.7 Å². The Morgan fingerprint density at radius 3 is 2.00 bits per heavy atom. The Labute approximate surface area is 213 Å². The van der Waals surface area contributed by atoms with E-state index >= 15 is 0 Å². The average Bonchev–Trinajstić information content (AvgIpc) is 3.10. The van der Waals surface area contributed by atoms with Crippen molar-refractivity contribution in [1.82, 2.24) is 5.32 Å². The number of rotatable bonds is 15. The van der Waals surface area contributed by atoms with E-state index in [-0.39, 0.29) is 19.6 Å². The summed E-state index contributed by atoms with van der Waals surface area (Å²) in [5.74, 6) is 0. The predicted molar refractivity (Wildman–Crippen MR) is 131 cm³/mol. The molecule has 0 bridgehead atoms. The lowest BCUT2D eigenvalue weighted by Gasteiger charge is -2.32. The van der Waals surface area contributed by atoms with E-state index in [0.29, 0.717) is 6.54 Å². The van der Waals surface area contributed by atoms with Crippen LogP contribution in [0.2, 0.25) is 0 Å². The van der Waals surface area contributed by atoms with E-state index in [1.165, 1.54) is 6.92 Å². The number of aliphatic hydroxyl groups is 6. The Morgan fingerprint density at radius 2 is 1.58 bits per heavy atom. The van der Waals surface area contributed by atoms with Crippen molar-refractivity contribution >= 4 is 0 Å². The summed E-state index contributed by atoms with van der Waals surface area (Å²) < 4.78 is 21.3. The first-order valence-corrected chi connectivity index (χ1v) is 11.8. The average molecular weight is 529 g/mol. The monoisotopic (exact) mass is 528 g/mol. The number of nitrogens with one attached hydrogen (secondary N) is 1. The van der Waals surface area contributed by atoms with E-state index in [1.54, 1.807) is 13.8 Å². The van der Waals surface area contributed by atoms with Gasteiger partial charge in [-0.15, -0.1) is 12.8 Å². The molecule has 0 saturated carbocycles. The highest BCUT2D eigenvalue weighted by Crippen LogP contribution is 2.23. The summed E-state index contributed by atoms with van der Waals surface area (Å²) in [6, 6.07) is -1.34. The minimum Gasteiger partial charge on any atom is -0.397 e. The molecule has 0 aliphatic carbocycles. The normalized spacial score (nSPS) is 27.3. The Balaban J connectivity index is 0. The van der Waals surface area contributed by atoms with Crippen molar-refractivity contribution in [3.8, 4) is 12.8 Å². The third-order valence-electron chi connectivity index (χ3n) is 4.91. The second kappa shape index (κ2) is 21.0. The second-order valence-corrected chi connectivity index (χ2v) is 8.00. The third-order valence-corrected chi connectivity index (χ3v) is 4.91. The van der Waals surface area contributed by atoms with Crippen LogP contribution in [0.25, 0.3) is 0 Å². The summed E-state index contributed by atoms with van der Waals surface area (Å²) in [5, 5.41) is 60.1. The molecule has 0 aromatic heterocycles. The van der Waals surface area contributed by atoms with Gasteiger partial charge in [0.1, 0.15) is 18.3 Å². The van der Waals surface area contributed by atoms with E-state index < -0.39 is 67.9 Å². The van der Waals surface area contributed by atoms with Crippen LogP contribution < -0.4 is 22.5 Å². The molecule has 1 heterocycles. The van der Waals surface area contributed by atoms with Crippen LogP contribution in [-0.2, 0) is 18.9 Å². The van der Waals surface area contributed by atoms with Crippen LogP contribution in [0.1, 0.15) is 40.5 Å². The highest BCUT2D eigenvalue weighted by Gasteiger charge is 2.44. The smallest absolute Gasteiger partial charge is 0.200 e. The van der Waals surface area contributed by atoms with Crippen LogP contribution in [0.15, 0.2) is 0 Å². The van der Waals surface area contributed by atoms with Gasteiger partial charge in [0.25, 0.3) is 0 Å². The number of ether oxygens (including phenoxy) is 4. The van der Waals surface area contributed by atoms with Crippen LogP contribution in [0.3, 0.4) is 0 Å². The van der Waals surface area contributed by atoms with Crippen molar-refractivity contribution in [2.45, 2.75) is 108 Å². The zero-order chi connectivity index (χ0) is 28.4. The largest absolute Gasteiger partial charge is 0.397 e. The molecule has 0 spiro atoms. The maximum atomic E-state index is 10.6. The lowest BCUT2D eigenvalue weighted by atomic mass is 10.0. The molecule has 1 fully saturated rings. The van der Waals surface area contributed by atoms with E-state index in [4.69, 9.17) is 41.3 Å². The van der Waals surface area contributed by atoms with Crippen LogP contribution in [0.4, 0.5) is 0 Å². The van der Waals surface area contributed by atoms with Gasteiger partial charge in [-0.05, 0) is 40.2 Å². The molecule has 0 amide bonds. The molecule has 10 unspecified atom stereocenters. The molecule has 11 atom stereocenters. The molecule has 13 N–H and O–H groups in total. The summed E-state index contributed by atoms with van der Waals surface area (Å²) in [6.45, 7) is 7.36. The predicted octanol–water partition coefficient (Wildman–Crippen LogP) is -3.58. The molecule has 1 aliphatic heterocycles. The number of hydrogen-bond donors (Lipinski definition) is 10. The van der Waals surface area contributed by atoms with Crippen LogP contribution >= 0.6 is 0 Å². The van der Waals surface area contributed by atoms with Gasteiger partial charge in [-0.2, -0.15) is 0 Å². The fourth-order valence-corrected chi connectivity index (χ4v) is 3.07. The topological polar surface area (TPSA) is 248 Å². The fraction of sp³-hybridized carbons (Fsp3) is 0.909. The van der Waals surface area contributed by atoms with Gasteiger partial charge in [0, 0.05) is 19.2 Å². The first kappa shape index (κ1) is 37.2. The summed E-state index contributed by atoms with van der Waals surface area (Å²) in [7, 11) is 0. The SMILES string of the molecule is C#C.CCCNC(CC(N)C(C)OC(OC(C)O)C(N)O)[C@@H](O)OC1OC(CN)C(O)C1O.CCO. The summed E-state index contributed by atoms with van der Waals surface area (Å²) in [5.41, 5.74) is 17.1. The zero-order valence-corrected chi connectivity index (χ0v) is 21.6. The minimum atomic E-state index is -1.50. The Kier molecular flexibility index (Phi) is 21.7. The van der Waals surface area contributed by atoms with E-state index in [1.807, 2.05) is 6.92 Å². The molecule has 0 aromatic rings. The fourth-order valence-electron chi connectivity index (χ4n) is 3.07. The third kappa shape index (κ3) is 14.1. The highest BCUT2D eigenvalue weighted by molar-refractivity contribution is 4.88. The van der Waals surface area contributed by atoms with Crippen molar-refractivity contribution in [3.63, 3.8) is 0 Å². The van der Waals surface area contributed by atoms with Gasteiger partial charge in [0.15, 0.2) is 31.4 Å². The lowest BCUT2D eigenvalue weighted by molar-refractivity contribution is -0.269. The molecule has 216 valence electrons. The number of hydrogen-bond acceptors (Lipinski definition) is 14. The first-order chi connectivity index (χ1) is 16.9. The number of aliphatic hydroxyl groups excluding tert-OH is 6. The molecular weight excluding hydrogens is 480 g/mol. The highest BCUT2D eigenvalue weighted by atomic mass is 16.8. The molecule has 0 radical (unpaired) electrons. The molecular formula is C22H48N4O10. The van der Waals surface area contributed by atoms with Crippen LogP contribution in [0, 0.1) is 12.8 Å². The van der Waals surface area contributed by atoms with Gasteiger partial charge in [0.05, 0.1) is 12.1 Å². The Hall–Kier alpha value is -1.00. The van der Waals surface area contributed by atoms with Crippen molar-refractivity contribution < 1.29 is 49.6 Å². The number of terminal acetylenes is 1. The van der Waals surface area contributed by atoms with Gasteiger partial charge >= 0.3 is 0 Å². The lowest BCUT2D eigenvalue weighted by Crippen LogP contribution is -2.51. The maximum Gasteiger partial charge on any atom is 0.200 e. The van der Waals surface area contributed by atoms with E-state index in [9.17, 15) is 25.5 Å². The Bertz CT molecular complexity index is 546. The van der Waals surface area contributed by atoms with Gasteiger partial charge in [-0.3, -0.25) is 0 Å². The zero-order valence-electron chi connectivity index (χ0n) is 21.6. The minimum absolute atomic E-state index is 0.0197. The van der Waals surface area contributed by atoms with Gasteiger partial charge in [-0.1, -0.05) is 6.92 Å². The molecule has 0 aromatic carbocycles. The Morgan fingerprint density at radius 1 is 1.03 bits per heavy atom. The molecule has 36 heavy (non-hydrogen) atoms. The van der Waals surface area contributed by atoms with Crippen LogP contribution in [0.5, 0.6) is 0 Å². The summed E-state index contributed by atoms with van der Waals surface area (Å²) >= 11 is 0. The van der Waals surface area contributed by atoms with Gasteiger partial charge in [0.2, 0.25) is 0 Å². The van der Waals surface area contributed by atoms with Gasteiger partial charge in [-0.25, -0.2) is 0 Å². The van der Waals surface area contributed by atoms with Crippen molar-refractivity contribution in [1.29, 1.82) is 0 Å². The summed E-state index contributed by atoms with van der Waals surface area (Å²) in [4.78, 5) is 0. The maximum absolute atomic E-state index is 10.6. The van der Waals surface area contributed by atoms with Crippen molar-refractivity contribution in [2.24, 2.45) is 17.2 Å². The number of nitrogens with two attached hydrogens (primary N) is 3. The standard InChI is InChI=1S/C18H40N4O9.C2H6O.C2H2/c1-4-5-22-11(16(27)31-17-14(25)13(24)12(7-19)30-17)6-10(20)8(2)28-18(15(21)26)29-9(3)23;1-2-3;1-2/h8-18,22-27H,4-7,19-21H2,1-3H3;3H,2H2,1H3;1-2H/t8?,9?,10?,11?,12?,13?,14?,15?,16-,17?,18?;;/m0../s1. The van der Waals surface area contributed by atoms with Crippen molar-refractivity contribution in [3.05, 3.63) is 0 Å². The van der Waals surface area contributed by atoms with E-state index in [0.717, 1.165) is 6.42 Å². The van der Waals surface area contributed by atoms with Gasteiger partial charge < -0.3 is 72.1 Å². The molecule has 1 rings (SSSR count). The molecule has 14 nitrogen and oxygen atoms in total. The molecule has 14 heteroatoms. The molecule has 1 aliphatic rings. The van der Waals surface area contributed by atoms with Crippen LogP contribution in [-0.4, -0.2) is 118 Å². The first-order valence-electron chi connectivity index (χ1n) is 11.8.